The minimum absolute atomic E-state index is 0.166. The number of aromatic nitrogens is 3. The first-order chi connectivity index (χ1) is 16.8. The lowest BCUT2D eigenvalue weighted by Gasteiger charge is -2.39. The van der Waals surface area contributed by atoms with Gasteiger partial charge in [0.15, 0.2) is 5.65 Å². The number of piperidine rings is 1. The van der Waals surface area contributed by atoms with Gasteiger partial charge < -0.3 is 24.8 Å². The summed E-state index contributed by atoms with van der Waals surface area (Å²) in [6, 6.07) is 16.8. The largest absolute Gasteiger partial charge is 0.478 e. The molecule has 0 aliphatic carbocycles. The fourth-order valence-electron chi connectivity index (χ4n) is 4.45. The van der Waals surface area contributed by atoms with E-state index in [1.54, 1.807) is 25.1 Å². The normalized spacial score (nSPS) is 15.3. The maximum atomic E-state index is 11.4. The van der Waals surface area contributed by atoms with E-state index in [0.717, 1.165) is 5.56 Å². The number of carboxylic acid groups (broad SMARTS) is 1. The van der Waals surface area contributed by atoms with Gasteiger partial charge in [-0.3, -0.25) is 0 Å². The fraction of sp³-hybridized carbons (Fsp3) is 0.269. The van der Waals surface area contributed by atoms with Crippen molar-refractivity contribution in [3.05, 3.63) is 76.3 Å². The van der Waals surface area contributed by atoms with Crippen LogP contribution in [0.25, 0.3) is 11.2 Å². The van der Waals surface area contributed by atoms with Gasteiger partial charge in [-0.15, -0.1) is 0 Å². The summed E-state index contributed by atoms with van der Waals surface area (Å²) >= 11 is 6.56. The van der Waals surface area contributed by atoms with Crippen LogP contribution in [0.2, 0.25) is 5.02 Å². The summed E-state index contributed by atoms with van der Waals surface area (Å²) in [5.74, 6) is -0.0533. The highest BCUT2D eigenvalue weighted by atomic mass is 35.5. The van der Waals surface area contributed by atoms with Gasteiger partial charge in [0.05, 0.1) is 21.7 Å². The number of benzene rings is 2. The summed E-state index contributed by atoms with van der Waals surface area (Å²) < 4.78 is 5.76. The van der Waals surface area contributed by atoms with Gasteiger partial charge in [0.25, 0.3) is 0 Å². The molecule has 1 aliphatic rings. The van der Waals surface area contributed by atoms with Crippen LogP contribution in [0, 0.1) is 6.92 Å². The summed E-state index contributed by atoms with van der Waals surface area (Å²) in [6.07, 6.45) is 1.82. The van der Waals surface area contributed by atoms with Crippen LogP contribution < -0.4 is 9.64 Å². The van der Waals surface area contributed by atoms with Crippen molar-refractivity contribution in [3.8, 4) is 11.8 Å². The monoisotopic (exact) mass is 492 g/mol. The minimum Gasteiger partial charge on any atom is -0.478 e. The average Bonchev–Trinajstić information content (AvgIpc) is 3.21. The Balaban J connectivity index is 1.32. The SMILES string of the molecule is Cc1ccc(Oc2nc3nc(N4CCC(O)(Cc5ccccc5)CC4)c(Cl)cc3[nH]2)cc1C(=O)O. The molecule has 1 saturated heterocycles. The van der Waals surface area contributed by atoms with Crippen LogP contribution in [0.1, 0.15) is 34.3 Å². The number of aryl methyl sites for hydroxylation is 1. The van der Waals surface area contributed by atoms with Gasteiger partial charge in [0, 0.05) is 19.5 Å². The van der Waals surface area contributed by atoms with Gasteiger partial charge in [-0.25, -0.2) is 9.78 Å². The van der Waals surface area contributed by atoms with E-state index in [2.05, 4.69) is 19.9 Å². The van der Waals surface area contributed by atoms with Crippen molar-refractivity contribution >= 4 is 34.6 Å². The van der Waals surface area contributed by atoms with Crippen LogP contribution in [0.15, 0.2) is 54.6 Å². The summed E-state index contributed by atoms with van der Waals surface area (Å²) in [7, 11) is 0. The van der Waals surface area contributed by atoms with E-state index in [1.165, 1.54) is 6.07 Å². The standard InChI is InChI=1S/C26H25ClN4O4/c1-16-7-8-18(13-19(16)24(32)33)35-25-28-21-14-20(27)23(29-22(21)30-25)31-11-9-26(34,10-12-31)15-17-5-3-2-4-6-17/h2-8,13-14,34H,9-12,15H2,1H3,(H,32,33)(H,28,29,30). The summed E-state index contributed by atoms with van der Waals surface area (Å²) in [5.41, 5.74) is 2.22. The van der Waals surface area contributed by atoms with E-state index >= 15 is 0 Å². The van der Waals surface area contributed by atoms with Crippen molar-refractivity contribution < 1.29 is 19.7 Å². The zero-order valence-corrected chi connectivity index (χ0v) is 19.9. The van der Waals surface area contributed by atoms with Crippen molar-refractivity contribution in [2.24, 2.45) is 0 Å². The van der Waals surface area contributed by atoms with Crippen molar-refractivity contribution in [1.82, 2.24) is 15.0 Å². The number of aliphatic hydroxyl groups is 1. The average molecular weight is 493 g/mol. The van der Waals surface area contributed by atoms with Crippen LogP contribution in [-0.2, 0) is 6.42 Å². The Bertz CT molecular complexity index is 1380. The molecule has 5 rings (SSSR count). The molecule has 0 spiro atoms. The number of ether oxygens (including phenoxy) is 1. The number of H-pyrrole nitrogens is 1. The third-order valence-electron chi connectivity index (χ3n) is 6.41. The number of imidazole rings is 1. The van der Waals surface area contributed by atoms with Crippen molar-refractivity contribution in [2.45, 2.75) is 31.8 Å². The molecule has 9 heteroatoms. The molecular weight excluding hydrogens is 468 g/mol. The third kappa shape index (κ3) is 4.94. The molecule has 0 bridgehead atoms. The van der Waals surface area contributed by atoms with Gasteiger partial charge in [0.2, 0.25) is 0 Å². The molecule has 0 atom stereocenters. The summed E-state index contributed by atoms with van der Waals surface area (Å²) in [4.78, 5) is 25.6. The Kier molecular flexibility index (Phi) is 6.08. The lowest BCUT2D eigenvalue weighted by molar-refractivity contribution is 0.0164. The first kappa shape index (κ1) is 23.1. The first-order valence-electron chi connectivity index (χ1n) is 11.4. The molecule has 180 valence electrons. The number of aromatic amines is 1. The zero-order valence-electron chi connectivity index (χ0n) is 19.2. The molecule has 0 saturated carbocycles. The Morgan fingerprint density at radius 2 is 1.89 bits per heavy atom. The van der Waals surface area contributed by atoms with Crippen LogP contribution in [0.5, 0.6) is 11.8 Å². The molecule has 0 radical (unpaired) electrons. The second-order valence-corrected chi connectivity index (χ2v) is 9.37. The Morgan fingerprint density at radius 1 is 1.14 bits per heavy atom. The van der Waals surface area contributed by atoms with E-state index in [0.29, 0.717) is 65.7 Å². The zero-order chi connectivity index (χ0) is 24.6. The first-order valence-corrected chi connectivity index (χ1v) is 11.8. The number of rotatable bonds is 6. The van der Waals surface area contributed by atoms with Crippen molar-refractivity contribution in [3.63, 3.8) is 0 Å². The molecule has 1 fully saturated rings. The van der Waals surface area contributed by atoms with E-state index in [4.69, 9.17) is 16.3 Å². The molecule has 4 aromatic rings. The van der Waals surface area contributed by atoms with Crippen LogP contribution in [0.4, 0.5) is 5.82 Å². The van der Waals surface area contributed by atoms with Gasteiger partial charge in [-0.05, 0) is 49.1 Å². The third-order valence-corrected chi connectivity index (χ3v) is 6.69. The quantitative estimate of drug-likeness (QED) is 0.348. The maximum absolute atomic E-state index is 11.4. The number of pyridine rings is 1. The lowest BCUT2D eigenvalue weighted by Crippen LogP contribution is -2.46. The Labute approximate surface area is 207 Å². The van der Waals surface area contributed by atoms with Gasteiger partial charge >= 0.3 is 12.0 Å². The number of carbonyl (C=O) groups is 1. The smallest absolute Gasteiger partial charge is 0.336 e. The highest BCUT2D eigenvalue weighted by molar-refractivity contribution is 6.33. The number of halogens is 1. The van der Waals surface area contributed by atoms with E-state index in [9.17, 15) is 15.0 Å². The molecule has 8 nitrogen and oxygen atoms in total. The van der Waals surface area contributed by atoms with Crippen molar-refractivity contribution in [1.29, 1.82) is 0 Å². The molecule has 2 aromatic carbocycles. The predicted molar refractivity (Wildman–Crippen MR) is 134 cm³/mol. The fourth-order valence-corrected chi connectivity index (χ4v) is 4.72. The number of nitrogens with zero attached hydrogens (tertiary/aromatic N) is 3. The molecule has 3 heterocycles. The van der Waals surface area contributed by atoms with Gasteiger partial charge in [-0.2, -0.15) is 4.98 Å². The second kappa shape index (κ2) is 9.20. The molecule has 0 unspecified atom stereocenters. The number of hydrogen-bond donors (Lipinski definition) is 3. The molecule has 1 aliphatic heterocycles. The maximum Gasteiger partial charge on any atom is 0.336 e. The van der Waals surface area contributed by atoms with E-state index < -0.39 is 11.6 Å². The van der Waals surface area contributed by atoms with E-state index in [1.807, 2.05) is 30.3 Å². The Morgan fingerprint density at radius 3 is 2.60 bits per heavy atom. The number of nitrogens with one attached hydrogen (secondary N) is 1. The van der Waals surface area contributed by atoms with E-state index in [-0.39, 0.29) is 11.6 Å². The predicted octanol–water partition coefficient (Wildman–Crippen LogP) is 4.98. The molecule has 35 heavy (non-hydrogen) atoms. The molecule has 2 aromatic heterocycles. The van der Waals surface area contributed by atoms with Crippen LogP contribution in [-0.4, -0.2) is 49.8 Å². The van der Waals surface area contributed by atoms with Crippen LogP contribution >= 0.6 is 11.6 Å². The van der Waals surface area contributed by atoms with Gasteiger partial charge in [-0.1, -0.05) is 48.0 Å². The molecular formula is C26H25ClN4O4. The molecule has 0 amide bonds. The van der Waals surface area contributed by atoms with Gasteiger partial charge in [0.1, 0.15) is 11.6 Å². The number of anilines is 1. The lowest BCUT2D eigenvalue weighted by atomic mass is 9.85. The molecule has 3 N–H and O–H groups in total. The summed E-state index contributed by atoms with van der Waals surface area (Å²) in [5, 5.41) is 20.9. The minimum atomic E-state index is -1.02. The summed E-state index contributed by atoms with van der Waals surface area (Å²) in [6.45, 7) is 2.97. The Hall–Kier alpha value is -3.62. The number of carboxylic acids is 1. The highest BCUT2D eigenvalue weighted by Crippen LogP contribution is 2.34. The topological polar surface area (TPSA) is 112 Å². The second-order valence-electron chi connectivity index (χ2n) is 8.96. The van der Waals surface area contributed by atoms with Crippen molar-refractivity contribution in [2.75, 3.05) is 18.0 Å². The number of fused-ring (bicyclic) bond motifs is 1. The number of aromatic carboxylic acids is 1. The van der Waals surface area contributed by atoms with Crippen LogP contribution in [0.3, 0.4) is 0 Å². The number of hydrogen-bond acceptors (Lipinski definition) is 6. The highest BCUT2D eigenvalue weighted by Gasteiger charge is 2.33.